The minimum absolute atomic E-state index is 0.0508. The van der Waals surface area contributed by atoms with Crippen LogP contribution in [0.4, 0.5) is 0 Å². The molecule has 32 heavy (non-hydrogen) atoms. The second kappa shape index (κ2) is 9.49. The summed E-state index contributed by atoms with van der Waals surface area (Å²) >= 11 is 0. The van der Waals surface area contributed by atoms with Crippen LogP contribution in [0.5, 0.6) is 0 Å². The van der Waals surface area contributed by atoms with Crippen LogP contribution in [0.25, 0.3) is 10.9 Å². The Morgan fingerprint density at radius 3 is 2.44 bits per heavy atom. The molecule has 170 valence electrons. The Kier molecular flexibility index (Phi) is 6.70. The van der Waals surface area contributed by atoms with Crippen molar-refractivity contribution < 1.29 is 13.2 Å². The van der Waals surface area contributed by atoms with Crippen molar-refractivity contribution in [2.75, 3.05) is 6.54 Å². The SMILES string of the molecule is CCN(C(=O)Cn1cc(S(=O)(=O)Cc2ccccc2C)c2ccccc21)C1CCCCC1. The average Bonchev–Trinajstić information content (AvgIpc) is 3.16. The Morgan fingerprint density at radius 2 is 1.72 bits per heavy atom. The lowest BCUT2D eigenvalue weighted by Gasteiger charge is -2.33. The molecule has 3 aromatic rings. The number of sulfone groups is 1. The molecule has 0 N–H and O–H groups in total. The molecule has 2 aromatic carbocycles. The topological polar surface area (TPSA) is 59.4 Å². The fourth-order valence-electron chi connectivity index (χ4n) is 4.91. The van der Waals surface area contributed by atoms with Gasteiger partial charge in [0.2, 0.25) is 5.91 Å². The zero-order valence-corrected chi connectivity index (χ0v) is 19.8. The smallest absolute Gasteiger partial charge is 0.242 e. The highest BCUT2D eigenvalue weighted by Gasteiger charge is 2.26. The van der Waals surface area contributed by atoms with E-state index in [0.717, 1.165) is 29.5 Å². The number of carbonyl (C=O) groups is 1. The third-order valence-corrected chi connectivity index (χ3v) is 8.36. The van der Waals surface area contributed by atoms with Crippen molar-refractivity contribution >= 4 is 26.6 Å². The van der Waals surface area contributed by atoms with Gasteiger partial charge in [-0.15, -0.1) is 0 Å². The maximum absolute atomic E-state index is 13.4. The van der Waals surface area contributed by atoms with E-state index in [1.165, 1.54) is 19.3 Å². The van der Waals surface area contributed by atoms with Gasteiger partial charge in [0.25, 0.3) is 0 Å². The fraction of sp³-hybridized carbons (Fsp3) is 0.423. The minimum atomic E-state index is -3.57. The Balaban J connectivity index is 1.65. The van der Waals surface area contributed by atoms with Crippen LogP contribution in [-0.2, 0) is 26.9 Å². The number of nitrogens with zero attached hydrogens (tertiary/aromatic N) is 2. The van der Waals surface area contributed by atoms with Gasteiger partial charge in [0.05, 0.1) is 10.6 Å². The van der Waals surface area contributed by atoms with E-state index in [2.05, 4.69) is 0 Å². The lowest BCUT2D eigenvalue weighted by molar-refractivity contribution is -0.134. The Bertz CT molecular complexity index is 1210. The zero-order chi connectivity index (χ0) is 22.7. The first-order chi connectivity index (χ1) is 15.4. The number of aromatic nitrogens is 1. The number of para-hydroxylation sites is 1. The van der Waals surface area contributed by atoms with Crippen molar-refractivity contribution in [1.82, 2.24) is 9.47 Å². The first kappa shape index (κ1) is 22.6. The molecule has 6 heteroatoms. The fourth-order valence-corrected chi connectivity index (χ4v) is 6.60. The molecule has 0 saturated heterocycles. The lowest BCUT2D eigenvalue weighted by Crippen LogP contribution is -2.42. The predicted octanol–water partition coefficient (Wildman–Crippen LogP) is 5.10. The number of amides is 1. The van der Waals surface area contributed by atoms with Gasteiger partial charge < -0.3 is 9.47 Å². The third kappa shape index (κ3) is 4.60. The highest BCUT2D eigenvalue weighted by Crippen LogP contribution is 2.29. The summed E-state index contributed by atoms with van der Waals surface area (Å²) in [6.07, 6.45) is 7.35. The Morgan fingerprint density at radius 1 is 1.03 bits per heavy atom. The van der Waals surface area contributed by atoms with E-state index < -0.39 is 9.84 Å². The Hall–Kier alpha value is -2.60. The van der Waals surface area contributed by atoms with Crippen LogP contribution in [0.3, 0.4) is 0 Å². The third-order valence-electron chi connectivity index (χ3n) is 6.68. The molecule has 1 aliphatic rings. The van der Waals surface area contributed by atoms with Crippen molar-refractivity contribution in [3.63, 3.8) is 0 Å². The molecule has 0 aliphatic heterocycles. The average molecular weight is 453 g/mol. The highest BCUT2D eigenvalue weighted by molar-refractivity contribution is 7.90. The second-order valence-corrected chi connectivity index (χ2v) is 10.8. The largest absolute Gasteiger partial charge is 0.338 e. The first-order valence-corrected chi connectivity index (χ1v) is 13.2. The van der Waals surface area contributed by atoms with E-state index in [1.54, 1.807) is 6.20 Å². The molecule has 0 spiro atoms. The summed E-state index contributed by atoms with van der Waals surface area (Å²) in [4.78, 5) is 15.5. The Labute approximate surface area is 191 Å². The molecule has 1 fully saturated rings. The number of carbonyl (C=O) groups excluding carboxylic acids is 1. The summed E-state index contributed by atoms with van der Waals surface area (Å²) in [6.45, 7) is 4.79. The van der Waals surface area contributed by atoms with Gasteiger partial charge in [0.15, 0.2) is 9.84 Å². The molecule has 4 rings (SSSR count). The summed E-state index contributed by atoms with van der Waals surface area (Å²) in [5.41, 5.74) is 2.54. The van der Waals surface area contributed by atoms with Crippen LogP contribution >= 0.6 is 0 Å². The van der Waals surface area contributed by atoms with E-state index in [-0.39, 0.29) is 18.2 Å². The van der Waals surface area contributed by atoms with Crippen molar-refractivity contribution in [3.8, 4) is 0 Å². The van der Waals surface area contributed by atoms with E-state index in [9.17, 15) is 13.2 Å². The van der Waals surface area contributed by atoms with Crippen molar-refractivity contribution in [1.29, 1.82) is 0 Å². The van der Waals surface area contributed by atoms with E-state index in [1.807, 2.05) is 71.8 Å². The summed E-state index contributed by atoms with van der Waals surface area (Å²) in [5.74, 6) is 0.00753. The van der Waals surface area contributed by atoms with E-state index in [0.29, 0.717) is 22.9 Å². The molecule has 1 aliphatic carbocycles. The van der Waals surface area contributed by atoms with Gasteiger partial charge in [-0.2, -0.15) is 0 Å². The molecule has 1 aromatic heterocycles. The molecule has 0 bridgehead atoms. The number of aryl methyl sites for hydroxylation is 1. The molecule has 0 atom stereocenters. The van der Waals surface area contributed by atoms with Gasteiger partial charge in [0, 0.05) is 29.7 Å². The van der Waals surface area contributed by atoms with Crippen molar-refractivity contribution in [3.05, 3.63) is 65.9 Å². The van der Waals surface area contributed by atoms with Crippen LogP contribution < -0.4 is 0 Å². The number of benzene rings is 2. The minimum Gasteiger partial charge on any atom is -0.338 e. The second-order valence-electron chi connectivity index (χ2n) is 8.80. The summed E-state index contributed by atoms with van der Waals surface area (Å²) in [7, 11) is -3.57. The van der Waals surface area contributed by atoms with Crippen LogP contribution in [0.15, 0.2) is 59.6 Å². The molecule has 5 nitrogen and oxygen atoms in total. The molecular weight excluding hydrogens is 420 g/mol. The zero-order valence-electron chi connectivity index (χ0n) is 19.0. The first-order valence-electron chi connectivity index (χ1n) is 11.6. The molecular formula is C26H32N2O3S. The number of rotatable bonds is 7. The molecule has 1 saturated carbocycles. The van der Waals surface area contributed by atoms with Crippen molar-refractivity contribution in [2.45, 2.75) is 69.2 Å². The van der Waals surface area contributed by atoms with Crippen LogP contribution in [0.1, 0.15) is 50.2 Å². The van der Waals surface area contributed by atoms with Gasteiger partial charge in [-0.1, -0.05) is 61.7 Å². The monoisotopic (exact) mass is 452 g/mol. The van der Waals surface area contributed by atoms with Crippen LogP contribution in [-0.4, -0.2) is 36.4 Å². The lowest BCUT2D eigenvalue weighted by atomic mass is 9.94. The molecule has 1 heterocycles. The maximum Gasteiger partial charge on any atom is 0.242 e. The number of fused-ring (bicyclic) bond motifs is 1. The summed E-state index contributed by atoms with van der Waals surface area (Å²) in [6, 6.07) is 15.3. The van der Waals surface area contributed by atoms with E-state index >= 15 is 0 Å². The highest BCUT2D eigenvalue weighted by atomic mass is 32.2. The van der Waals surface area contributed by atoms with E-state index in [4.69, 9.17) is 0 Å². The van der Waals surface area contributed by atoms with Gasteiger partial charge >= 0.3 is 0 Å². The standard InChI is InChI=1S/C26H32N2O3S/c1-3-28(22-13-5-4-6-14-22)26(29)18-27-17-25(23-15-9-10-16-24(23)27)32(30,31)19-21-12-8-7-11-20(21)2/h7-12,15-17,22H,3-6,13-14,18-19H2,1-2H3. The van der Waals surface area contributed by atoms with Gasteiger partial charge in [-0.25, -0.2) is 8.42 Å². The van der Waals surface area contributed by atoms with Gasteiger partial charge in [0.1, 0.15) is 6.54 Å². The molecule has 1 amide bonds. The van der Waals surface area contributed by atoms with Gasteiger partial charge in [-0.05, 0) is 43.9 Å². The van der Waals surface area contributed by atoms with Crippen LogP contribution in [0, 0.1) is 6.92 Å². The molecule has 0 radical (unpaired) electrons. The predicted molar refractivity (Wildman–Crippen MR) is 128 cm³/mol. The summed E-state index contributed by atoms with van der Waals surface area (Å²) in [5, 5.41) is 0.676. The maximum atomic E-state index is 13.4. The molecule has 0 unspecified atom stereocenters. The summed E-state index contributed by atoms with van der Waals surface area (Å²) < 4.78 is 28.6. The number of likely N-dealkylation sites (N-methyl/N-ethyl adjacent to an activating group) is 1. The van der Waals surface area contributed by atoms with Crippen LogP contribution in [0.2, 0.25) is 0 Å². The number of hydrogen-bond acceptors (Lipinski definition) is 3. The van der Waals surface area contributed by atoms with Crippen molar-refractivity contribution in [2.24, 2.45) is 0 Å². The quantitative estimate of drug-likeness (QED) is 0.501. The van der Waals surface area contributed by atoms with Gasteiger partial charge in [-0.3, -0.25) is 4.79 Å². The number of hydrogen-bond donors (Lipinski definition) is 0. The normalized spacial score (nSPS) is 15.2.